The second kappa shape index (κ2) is 8.68. The molecule has 0 N–H and O–H groups in total. The van der Waals surface area contributed by atoms with Crippen LogP contribution in [0.25, 0.3) is 0 Å². The van der Waals surface area contributed by atoms with Gasteiger partial charge in [0.2, 0.25) is 0 Å². The van der Waals surface area contributed by atoms with Crippen LogP contribution in [-0.4, -0.2) is 18.9 Å². The van der Waals surface area contributed by atoms with Gasteiger partial charge in [0.25, 0.3) is 0 Å². The molecular weight excluding hydrogens is 240 g/mol. The molecule has 0 aromatic carbocycles. The number of hydrogen-bond acceptors (Lipinski definition) is 3. The van der Waals surface area contributed by atoms with Crippen molar-refractivity contribution in [3.63, 3.8) is 0 Å². The Balaban J connectivity index is 2.38. The van der Waals surface area contributed by atoms with Gasteiger partial charge in [-0.1, -0.05) is 38.0 Å². The molecule has 0 spiro atoms. The topological polar surface area (TPSA) is 43.4 Å². The maximum atomic E-state index is 11.4. The van der Waals surface area contributed by atoms with Crippen molar-refractivity contribution < 1.29 is 14.3 Å². The molecule has 0 aliphatic heterocycles. The van der Waals surface area contributed by atoms with Crippen LogP contribution in [0.1, 0.15) is 51.9 Å². The summed E-state index contributed by atoms with van der Waals surface area (Å²) < 4.78 is 4.67. The molecule has 1 aliphatic rings. The number of ketones is 1. The fourth-order valence-electron chi connectivity index (χ4n) is 2.38. The molecule has 1 unspecified atom stereocenters. The predicted octanol–water partition coefficient (Wildman–Crippen LogP) is 3.59. The summed E-state index contributed by atoms with van der Waals surface area (Å²) >= 11 is 0. The van der Waals surface area contributed by atoms with Crippen LogP contribution in [0.15, 0.2) is 23.8 Å². The first-order valence-electron chi connectivity index (χ1n) is 7.14. The van der Waals surface area contributed by atoms with Crippen LogP contribution in [0.2, 0.25) is 0 Å². The smallest absolute Gasteiger partial charge is 0.305 e. The second-order valence-electron chi connectivity index (χ2n) is 5.03. The van der Waals surface area contributed by atoms with Crippen molar-refractivity contribution in [1.82, 2.24) is 0 Å². The molecule has 0 bridgehead atoms. The van der Waals surface area contributed by atoms with E-state index in [1.54, 1.807) is 0 Å². The number of esters is 1. The van der Waals surface area contributed by atoms with Crippen LogP contribution in [0.4, 0.5) is 0 Å². The molecule has 1 aliphatic carbocycles. The van der Waals surface area contributed by atoms with E-state index in [9.17, 15) is 9.59 Å². The Morgan fingerprint density at radius 3 is 2.84 bits per heavy atom. The highest BCUT2D eigenvalue weighted by atomic mass is 16.5. The Labute approximate surface area is 115 Å². The lowest BCUT2D eigenvalue weighted by molar-refractivity contribution is -0.141. The van der Waals surface area contributed by atoms with Gasteiger partial charge in [-0.3, -0.25) is 9.59 Å². The maximum absolute atomic E-state index is 11.4. The first-order chi connectivity index (χ1) is 9.17. The molecule has 3 nitrogen and oxygen atoms in total. The van der Waals surface area contributed by atoms with E-state index in [-0.39, 0.29) is 11.8 Å². The van der Waals surface area contributed by atoms with Gasteiger partial charge in [0.05, 0.1) is 7.11 Å². The lowest BCUT2D eigenvalue weighted by Crippen LogP contribution is -2.06. The van der Waals surface area contributed by atoms with Crippen LogP contribution in [-0.2, 0) is 14.3 Å². The largest absolute Gasteiger partial charge is 0.469 e. The molecule has 0 radical (unpaired) electrons. The molecule has 0 saturated heterocycles. The van der Waals surface area contributed by atoms with E-state index in [1.165, 1.54) is 7.11 Å². The number of ether oxygens (including phenoxy) is 1. The summed E-state index contributed by atoms with van der Waals surface area (Å²) in [6.07, 6.45) is 12.0. The monoisotopic (exact) mass is 264 g/mol. The minimum absolute atomic E-state index is 0.140. The Bertz CT molecular complexity index is 366. The van der Waals surface area contributed by atoms with Gasteiger partial charge in [-0.15, -0.1) is 0 Å². The van der Waals surface area contributed by atoms with Gasteiger partial charge in [-0.25, -0.2) is 0 Å². The molecular formula is C16H24O3. The highest BCUT2D eigenvalue weighted by molar-refractivity contribution is 6.00. The van der Waals surface area contributed by atoms with E-state index in [4.69, 9.17) is 0 Å². The van der Waals surface area contributed by atoms with E-state index in [0.29, 0.717) is 18.8 Å². The van der Waals surface area contributed by atoms with Crippen molar-refractivity contribution in [2.24, 2.45) is 5.92 Å². The van der Waals surface area contributed by atoms with Gasteiger partial charge in [-0.2, -0.15) is 0 Å². The molecule has 1 rings (SSSR count). The normalized spacial score (nSPS) is 16.7. The Morgan fingerprint density at radius 1 is 1.47 bits per heavy atom. The molecule has 106 valence electrons. The standard InChI is InChI=1S/C16H24O3/c1-3-6-13(11-12-16(18)19-2)7-4-8-14-9-5-10-15(14)17/h4,8-9,13H,3,5-7,10-12H2,1-2H3/b8-4-. The first-order valence-corrected chi connectivity index (χ1v) is 7.14. The molecule has 0 aromatic heterocycles. The number of rotatable bonds is 8. The summed E-state index contributed by atoms with van der Waals surface area (Å²) in [5, 5.41) is 0. The Morgan fingerprint density at radius 2 is 2.26 bits per heavy atom. The van der Waals surface area contributed by atoms with E-state index < -0.39 is 0 Å². The summed E-state index contributed by atoms with van der Waals surface area (Å²) in [5.74, 6) is 0.606. The lowest BCUT2D eigenvalue weighted by atomic mass is 9.94. The number of hydrogen-bond donors (Lipinski definition) is 0. The fourth-order valence-corrected chi connectivity index (χ4v) is 2.38. The molecule has 1 atom stereocenters. The second-order valence-corrected chi connectivity index (χ2v) is 5.03. The third kappa shape index (κ3) is 5.86. The zero-order valence-corrected chi connectivity index (χ0v) is 12.0. The van der Waals surface area contributed by atoms with Crippen LogP contribution in [0.5, 0.6) is 0 Å². The quantitative estimate of drug-likeness (QED) is 0.629. The van der Waals surface area contributed by atoms with Crippen LogP contribution in [0, 0.1) is 5.92 Å². The van der Waals surface area contributed by atoms with Crippen LogP contribution < -0.4 is 0 Å². The molecule has 0 heterocycles. The zero-order valence-electron chi connectivity index (χ0n) is 12.0. The van der Waals surface area contributed by atoms with Gasteiger partial charge in [0.15, 0.2) is 5.78 Å². The van der Waals surface area contributed by atoms with Gasteiger partial charge in [0, 0.05) is 18.4 Å². The van der Waals surface area contributed by atoms with E-state index >= 15 is 0 Å². The number of Topliss-reactive ketones (excluding diaryl/α,β-unsaturated/α-hetero) is 1. The van der Waals surface area contributed by atoms with Crippen molar-refractivity contribution in [3.8, 4) is 0 Å². The van der Waals surface area contributed by atoms with Crippen molar-refractivity contribution in [3.05, 3.63) is 23.8 Å². The van der Waals surface area contributed by atoms with E-state index in [1.807, 2.05) is 12.2 Å². The molecule has 0 amide bonds. The number of allylic oxidation sites excluding steroid dienone is 4. The van der Waals surface area contributed by atoms with Crippen molar-refractivity contribution in [2.45, 2.75) is 51.9 Å². The number of carbonyl (C=O) groups is 2. The van der Waals surface area contributed by atoms with E-state index in [2.05, 4.69) is 17.7 Å². The number of carbonyl (C=O) groups excluding carboxylic acids is 2. The lowest BCUT2D eigenvalue weighted by Gasteiger charge is -2.12. The van der Waals surface area contributed by atoms with E-state index in [0.717, 1.165) is 37.7 Å². The van der Waals surface area contributed by atoms with Crippen LogP contribution >= 0.6 is 0 Å². The summed E-state index contributed by atoms with van der Waals surface area (Å²) in [6.45, 7) is 2.15. The molecule has 3 heteroatoms. The van der Waals surface area contributed by atoms with Crippen molar-refractivity contribution in [1.29, 1.82) is 0 Å². The highest BCUT2D eigenvalue weighted by Crippen LogP contribution is 2.20. The predicted molar refractivity (Wildman–Crippen MR) is 75.7 cm³/mol. The Kier molecular flexibility index (Phi) is 7.16. The highest BCUT2D eigenvalue weighted by Gasteiger charge is 2.13. The van der Waals surface area contributed by atoms with Gasteiger partial charge in [-0.05, 0) is 25.2 Å². The number of methoxy groups -OCH3 is 1. The maximum Gasteiger partial charge on any atom is 0.305 e. The summed E-state index contributed by atoms with van der Waals surface area (Å²) in [7, 11) is 1.43. The Hall–Kier alpha value is -1.38. The molecule has 0 fully saturated rings. The zero-order chi connectivity index (χ0) is 14.1. The average molecular weight is 264 g/mol. The molecule has 0 saturated carbocycles. The minimum atomic E-state index is -0.140. The van der Waals surface area contributed by atoms with Gasteiger partial charge >= 0.3 is 5.97 Å². The average Bonchev–Trinajstić information content (AvgIpc) is 2.81. The van der Waals surface area contributed by atoms with Crippen molar-refractivity contribution >= 4 is 11.8 Å². The van der Waals surface area contributed by atoms with Gasteiger partial charge in [0.1, 0.15) is 0 Å². The van der Waals surface area contributed by atoms with Crippen LogP contribution in [0.3, 0.4) is 0 Å². The minimum Gasteiger partial charge on any atom is -0.469 e. The fraction of sp³-hybridized carbons (Fsp3) is 0.625. The third-order valence-electron chi connectivity index (χ3n) is 3.51. The SMILES string of the molecule is CCCC(C/C=C\C1=CCCC1=O)CCC(=O)OC. The third-order valence-corrected chi connectivity index (χ3v) is 3.51. The summed E-state index contributed by atoms with van der Waals surface area (Å²) in [6, 6.07) is 0. The van der Waals surface area contributed by atoms with Crippen molar-refractivity contribution in [2.75, 3.05) is 7.11 Å². The molecule has 19 heavy (non-hydrogen) atoms. The molecule has 0 aromatic rings. The summed E-state index contributed by atoms with van der Waals surface area (Å²) in [5.41, 5.74) is 0.850. The van der Waals surface area contributed by atoms with Gasteiger partial charge < -0.3 is 4.74 Å². The first kappa shape index (κ1) is 15.7. The summed E-state index contributed by atoms with van der Waals surface area (Å²) in [4.78, 5) is 22.6.